The van der Waals surface area contributed by atoms with Gasteiger partial charge in [0.1, 0.15) is 6.04 Å². The van der Waals surface area contributed by atoms with Gasteiger partial charge >= 0.3 is 5.97 Å². The molecule has 1 atom stereocenters. The molecule has 0 saturated carbocycles. The van der Waals surface area contributed by atoms with Crippen LogP contribution in [0.25, 0.3) is 0 Å². The Morgan fingerprint density at radius 3 is 2.63 bits per heavy atom. The van der Waals surface area contributed by atoms with Crippen LogP contribution in [0.5, 0.6) is 0 Å². The molecule has 0 saturated heterocycles. The quantitative estimate of drug-likeness (QED) is 0.820. The molecule has 0 aliphatic heterocycles. The molecule has 0 aromatic heterocycles. The summed E-state index contributed by atoms with van der Waals surface area (Å²) in [5.41, 5.74) is 0.722. The molecule has 0 heterocycles. The van der Waals surface area contributed by atoms with Crippen molar-refractivity contribution in [3.8, 4) is 6.07 Å². The summed E-state index contributed by atoms with van der Waals surface area (Å²) in [5.74, 6) is -0.683. The maximum Gasteiger partial charge on any atom is 0.323 e. The number of benzene rings is 1. The molecule has 7 heteroatoms. The van der Waals surface area contributed by atoms with Gasteiger partial charge in [0.05, 0.1) is 23.6 Å². The highest BCUT2D eigenvalue weighted by atomic mass is 32.2. The molecule has 0 aliphatic carbocycles. The molecule has 1 unspecified atom stereocenters. The second kappa shape index (κ2) is 5.82. The van der Waals surface area contributed by atoms with Crippen LogP contribution in [0, 0.1) is 18.3 Å². The van der Waals surface area contributed by atoms with Crippen LogP contribution < -0.4 is 4.72 Å². The molecule has 1 rings (SSSR count). The van der Waals surface area contributed by atoms with E-state index in [-0.39, 0.29) is 10.5 Å². The molecule has 1 N–H and O–H groups in total. The van der Waals surface area contributed by atoms with E-state index in [2.05, 4.69) is 9.46 Å². The molecule has 102 valence electrons. The normalized spacial score (nSPS) is 12.5. The Hall–Kier alpha value is -1.91. The van der Waals surface area contributed by atoms with Gasteiger partial charge < -0.3 is 4.74 Å². The Morgan fingerprint density at radius 2 is 2.11 bits per heavy atom. The average Bonchev–Trinajstić information content (AvgIpc) is 2.37. The minimum Gasteiger partial charge on any atom is -0.468 e. The van der Waals surface area contributed by atoms with Crippen molar-refractivity contribution in [1.82, 2.24) is 4.72 Å². The van der Waals surface area contributed by atoms with Crippen LogP contribution in [0.15, 0.2) is 23.1 Å². The lowest BCUT2D eigenvalue weighted by Crippen LogP contribution is -2.39. The lowest BCUT2D eigenvalue weighted by atomic mass is 10.2. The first-order valence-corrected chi connectivity index (χ1v) is 6.91. The van der Waals surface area contributed by atoms with Crippen molar-refractivity contribution in [3.63, 3.8) is 0 Å². The molecule has 0 radical (unpaired) electrons. The number of ether oxygens (including phenoxy) is 1. The number of carbonyl (C=O) groups is 1. The Labute approximate surface area is 112 Å². The van der Waals surface area contributed by atoms with E-state index in [0.29, 0.717) is 5.56 Å². The summed E-state index contributed by atoms with van der Waals surface area (Å²) >= 11 is 0. The number of nitrogens with zero attached hydrogens (tertiary/aromatic N) is 1. The minimum atomic E-state index is -3.88. The van der Waals surface area contributed by atoms with Crippen molar-refractivity contribution >= 4 is 16.0 Å². The third-order valence-electron chi connectivity index (χ3n) is 2.49. The number of aryl methyl sites for hydroxylation is 1. The molecular weight excluding hydrogens is 268 g/mol. The highest BCUT2D eigenvalue weighted by molar-refractivity contribution is 7.89. The Bertz CT molecular complexity index is 632. The smallest absolute Gasteiger partial charge is 0.323 e. The van der Waals surface area contributed by atoms with Gasteiger partial charge in [-0.2, -0.15) is 9.98 Å². The number of hydrogen-bond acceptors (Lipinski definition) is 5. The molecule has 0 amide bonds. The number of hydrogen-bond donors (Lipinski definition) is 1. The van der Waals surface area contributed by atoms with Gasteiger partial charge in [-0.15, -0.1) is 0 Å². The Kier molecular flexibility index (Phi) is 4.64. The monoisotopic (exact) mass is 282 g/mol. The van der Waals surface area contributed by atoms with Crippen molar-refractivity contribution in [3.05, 3.63) is 29.3 Å². The fourth-order valence-electron chi connectivity index (χ4n) is 1.48. The second-order valence-electron chi connectivity index (χ2n) is 3.96. The summed E-state index contributed by atoms with van der Waals surface area (Å²) in [6.07, 6.45) is 0. The average molecular weight is 282 g/mol. The molecule has 1 aromatic rings. The van der Waals surface area contributed by atoms with Crippen molar-refractivity contribution in [2.75, 3.05) is 7.11 Å². The minimum absolute atomic E-state index is 0.0256. The first-order chi connectivity index (χ1) is 8.81. The zero-order chi connectivity index (χ0) is 14.6. The molecule has 0 bridgehead atoms. The Balaban J connectivity index is 3.14. The standard InChI is InChI=1S/C12H14N2O4S/c1-8-4-5-10(7-13)6-11(8)19(16,17)14-9(2)12(15)18-3/h4-6,9,14H,1-3H3. The summed E-state index contributed by atoms with van der Waals surface area (Å²) in [4.78, 5) is 11.2. The highest BCUT2D eigenvalue weighted by Gasteiger charge is 2.24. The molecule has 0 spiro atoms. The van der Waals surface area contributed by atoms with Crippen molar-refractivity contribution < 1.29 is 17.9 Å². The zero-order valence-corrected chi connectivity index (χ0v) is 11.6. The number of esters is 1. The van der Waals surface area contributed by atoms with E-state index in [4.69, 9.17) is 5.26 Å². The van der Waals surface area contributed by atoms with Gasteiger partial charge in [0.2, 0.25) is 10.0 Å². The summed E-state index contributed by atoms with van der Waals surface area (Å²) in [7, 11) is -2.70. The lowest BCUT2D eigenvalue weighted by molar-refractivity contribution is -0.142. The SMILES string of the molecule is COC(=O)C(C)NS(=O)(=O)c1cc(C#N)ccc1C. The van der Waals surface area contributed by atoms with E-state index < -0.39 is 22.0 Å². The molecule has 1 aromatic carbocycles. The summed E-state index contributed by atoms with van der Waals surface area (Å²) in [5, 5.41) is 8.79. The van der Waals surface area contributed by atoms with Gasteiger partial charge in [0.15, 0.2) is 0 Å². The van der Waals surface area contributed by atoms with E-state index in [1.807, 2.05) is 6.07 Å². The van der Waals surface area contributed by atoms with Crippen LogP contribution in [0.4, 0.5) is 0 Å². The van der Waals surface area contributed by atoms with E-state index in [9.17, 15) is 13.2 Å². The lowest BCUT2D eigenvalue weighted by Gasteiger charge is -2.13. The summed E-state index contributed by atoms with van der Waals surface area (Å²) in [6, 6.07) is 5.20. The van der Waals surface area contributed by atoms with Crippen LogP contribution in [0.1, 0.15) is 18.1 Å². The van der Waals surface area contributed by atoms with E-state index in [1.54, 1.807) is 6.92 Å². The molecule has 19 heavy (non-hydrogen) atoms. The maximum atomic E-state index is 12.1. The molecular formula is C12H14N2O4S. The van der Waals surface area contributed by atoms with Gasteiger partial charge in [-0.1, -0.05) is 6.07 Å². The number of carbonyl (C=O) groups excluding carboxylic acids is 1. The van der Waals surface area contributed by atoms with Gasteiger partial charge in [-0.05, 0) is 31.5 Å². The predicted octanol–water partition coefficient (Wildman–Crippen LogP) is 0.706. The van der Waals surface area contributed by atoms with Gasteiger partial charge in [-0.3, -0.25) is 4.79 Å². The topological polar surface area (TPSA) is 96.3 Å². The third-order valence-corrected chi connectivity index (χ3v) is 4.18. The van der Waals surface area contributed by atoms with Crippen LogP contribution in [-0.2, 0) is 19.6 Å². The van der Waals surface area contributed by atoms with Crippen LogP contribution in [0.3, 0.4) is 0 Å². The Morgan fingerprint density at radius 1 is 1.47 bits per heavy atom. The zero-order valence-electron chi connectivity index (χ0n) is 10.8. The van der Waals surface area contributed by atoms with Gasteiger partial charge in [0.25, 0.3) is 0 Å². The number of nitrogens with one attached hydrogen (secondary N) is 1. The fraction of sp³-hybridized carbons (Fsp3) is 0.333. The fourth-order valence-corrected chi connectivity index (χ4v) is 2.94. The number of nitriles is 1. The third kappa shape index (κ3) is 3.53. The first kappa shape index (κ1) is 15.1. The van der Waals surface area contributed by atoms with E-state index in [1.165, 1.54) is 32.2 Å². The van der Waals surface area contributed by atoms with Crippen molar-refractivity contribution in [2.45, 2.75) is 24.8 Å². The maximum absolute atomic E-state index is 12.1. The number of rotatable bonds is 4. The predicted molar refractivity (Wildman–Crippen MR) is 67.7 cm³/mol. The van der Waals surface area contributed by atoms with Gasteiger partial charge in [0, 0.05) is 0 Å². The van der Waals surface area contributed by atoms with Gasteiger partial charge in [-0.25, -0.2) is 8.42 Å². The van der Waals surface area contributed by atoms with Crippen LogP contribution in [0.2, 0.25) is 0 Å². The van der Waals surface area contributed by atoms with Crippen LogP contribution in [-0.4, -0.2) is 27.5 Å². The van der Waals surface area contributed by atoms with Crippen molar-refractivity contribution in [1.29, 1.82) is 5.26 Å². The summed E-state index contributed by atoms with van der Waals surface area (Å²) < 4.78 is 30.9. The second-order valence-corrected chi connectivity index (χ2v) is 5.64. The molecule has 0 fully saturated rings. The first-order valence-electron chi connectivity index (χ1n) is 5.42. The summed E-state index contributed by atoms with van der Waals surface area (Å²) in [6.45, 7) is 2.99. The largest absolute Gasteiger partial charge is 0.468 e. The molecule has 6 nitrogen and oxygen atoms in total. The van der Waals surface area contributed by atoms with E-state index in [0.717, 1.165) is 0 Å². The number of sulfonamides is 1. The number of methoxy groups -OCH3 is 1. The molecule has 0 aliphatic rings. The highest BCUT2D eigenvalue weighted by Crippen LogP contribution is 2.17. The van der Waals surface area contributed by atoms with E-state index >= 15 is 0 Å². The van der Waals surface area contributed by atoms with Crippen LogP contribution >= 0.6 is 0 Å². The van der Waals surface area contributed by atoms with Crippen molar-refractivity contribution in [2.24, 2.45) is 0 Å².